The second-order valence-electron chi connectivity index (χ2n) is 4.97. The molecule has 1 aromatic carbocycles. The zero-order valence-electron chi connectivity index (χ0n) is 10.8. The highest BCUT2D eigenvalue weighted by Crippen LogP contribution is 2.35. The Kier molecular flexibility index (Phi) is 4.57. The minimum atomic E-state index is 0.522. The molecule has 0 radical (unpaired) electrons. The number of nitrogens with zero attached hydrogens (tertiary/aromatic N) is 1. The average molecular weight is 232 g/mol. The molecule has 17 heavy (non-hydrogen) atoms. The summed E-state index contributed by atoms with van der Waals surface area (Å²) in [5.41, 5.74) is 7.22. The van der Waals surface area contributed by atoms with Crippen molar-refractivity contribution < 1.29 is 0 Å². The lowest BCUT2D eigenvalue weighted by Gasteiger charge is -2.32. The van der Waals surface area contributed by atoms with Crippen molar-refractivity contribution in [3.05, 3.63) is 35.9 Å². The first-order valence-electron chi connectivity index (χ1n) is 6.87. The molecule has 0 amide bonds. The Bertz CT molecular complexity index is 319. The molecule has 1 unspecified atom stereocenters. The first-order chi connectivity index (χ1) is 8.36. The summed E-state index contributed by atoms with van der Waals surface area (Å²) in [4.78, 5) is 2.67. The minimum Gasteiger partial charge on any atom is -0.330 e. The van der Waals surface area contributed by atoms with Crippen molar-refractivity contribution in [2.75, 3.05) is 13.1 Å². The number of nitrogens with two attached hydrogens (primary N) is 1. The number of rotatable bonds is 7. The molecule has 1 aromatic rings. The van der Waals surface area contributed by atoms with Crippen LogP contribution in [-0.2, 0) is 0 Å². The molecule has 1 aliphatic carbocycles. The van der Waals surface area contributed by atoms with Gasteiger partial charge in [0.15, 0.2) is 0 Å². The van der Waals surface area contributed by atoms with Gasteiger partial charge in [0.2, 0.25) is 0 Å². The summed E-state index contributed by atoms with van der Waals surface area (Å²) >= 11 is 0. The van der Waals surface area contributed by atoms with Gasteiger partial charge in [-0.05, 0) is 44.3 Å². The molecule has 0 bridgehead atoms. The predicted molar refractivity (Wildman–Crippen MR) is 72.9 cm³/mol. The number of hydrogen-bond acceptors (Lipinski definition) is 2. The van der Waals surface area contributed by atoms with Crippen LogP contribution in [0.1, 0.15) is 44.2 Å². The van der Waals surface area contributed by atoms with Crippen molar-refractivity contribution in [2.24, 2.45) is 5.73 Å². The largest absolute Gasteiger partial charge is 0.330 e. The fourth-order valence-electron chi connectivity index (χ4n) is 2.61. The van der Waals surface area contributed by atoms with Gasteiger partial charge in [-0.25, -0.2) is 0 Å². The van der Waals surface area contributed by atoms with Crippen LogP contribution in [-0.4, -0.2) is 24.0 Å². The Balaban J connectivity index is 2.14. The van der Waals surface area contributed by atoms with E-state index in [1.807, 2.05) is 0 Å². The zero-order valence-corrected chi connectivity index (χ0v) is 10.8. The maximum absolute atomic E-state index is 5.79. The third kappa shape index (κ3) is 3.30. The van der Waals surface area contributed by atoms with Crippen molar-refractivity contribution in [3.8, 4) is 0 Å². The molecule has 2 heteroatoms. The number of benzene rings is 1. The molecule has 0 aromatic heterocycles. The molecule has 2 N–H and O–H groups in total. The Hall–Kier alpha value is -0.860. The van der Waals surface area contributed by atoms with Crippen molar-refractivity contribution in [3.63, 3.8) is 0 Å². The third-order valence-electron chi connectivity index (χ3n) is 3.52. The Morgan fingerprint density at radius 3 is 2.53 bits per heavy atom. The summed E-state index contributed by atoms with van der Waals surface area (Å²) in [7, 11) is 0. The topological polar surface area (TPSA) is 29.3 Å². The predicted octanol–water partition coefficient (Wildman–Crippen LogP) is 2.95. The van der Waals surface area contributed by atoms with E-state index in [0.29, 0.717) is 6.04 Å². The summed E-state index contributed by atoms with van der Waals surface area (Å²) < 4.78 is 0. The van der Waals surface area contributed by atoms with Gasteiger partial charge in [0.1, 0.15) is 0 Å². The molecule has 94 valence electrons. The van der Waals surface area contributed by atoms with Crippen LogP contribution in [0.25, 0.3) is 0 Å². The second-order valence-corrected chi connectivity index (χ2v) is 4.97. The molecular weight excluding hydrogens is 208 g/mol. The van der Waals surface area contributed by atoms with E-state index < -0.39 is 0 Å². The van der Waals surface area contributed by atoms with Gasteiger partial charge in [-0.15, -0.1) is 0 Å². The Morgan fingerprint density at radius 2 is 2.00 bits per heavy atom. The van der Waals surface area contributed by atoms with Crippen LogP contribution in [0.3, 0.4) is 0 Å². The fourth-order valence-corrected chi connectivity index (χ4v) is 2.61. The lowest BCUT2D eigenvalue weighted by atomic mass is 10.0. The van der Waals surface area contributed by atoms with Gasteiger partial charge < -0.3 is 5.73 Å². The quantitative estimate of drug-likeness (QED) is 0.783. The van der Waals surface area contributed by atoms with E-state index >= 15 is 0 Å². The molecule has 1 atom stereocenters. The van der Waals surface area contributed by atoms with Gasteiger partial charge in [0, 0.05) is 12.1 Å². The minimum absolute atomic E-state index is 0.522. The second kappa shape index (κ2) is 6.18. The van der Waals surface area contributed by atoms with E-state index in [2.05, 4.69) is 42.2 Å². The Labute approximate surface area is 105 Å². The third-order valence-corrected chi connectivity index (χ3v) is 3.52. The van der Waals surface area contributed by atoms with E-state index in [9.17, 15) is 0 Å². The highest BCUT2D eigenvalue weighted by Gasteiger charge is 2.33. The van der Waals surface area contributed by atoms with Crippen LogP contribution in [0.4, 0.5) is 0 Å². The van der Waals surface area contributed by atoms with E-state index in [1.54, 1.807) is 0 Å². The summed E-state index contributed by atoms with van der Waals surface area (Å²) in [6.45, 7) is 4.23. The molecular formula is C15H24N2. The molecule has 2 rings (SSSR count). The molecule has 0 spiro atoms. The van der Waals surface area contributed by atoms with Gasteiger partial charge >= 0.3 is 0 Å². The summed E-state index contributed by atoms with van der Waals surface area (Å²) in [5, 5.41) is 0. The van der Waals surface area contributed by atoms with E-state index in [0.717, 1.165) is 19.0 Å². The molecule has 0 aliphatic heterocycles. The highest BCUT2D eigenvalue weighted by atomic mass is 15.2. The molecule has 1 saturated carbocycles. The van der Waals surface area contributed by atoms with Crippen LogP contribution in [0.2, 0.25) is 0 Å². The van der Waals surface area contributed by atoms with Gasteiger partial charge in [0.05, 0.1) is 0 Å². The summed E-state index contributed by atoms with van der Waals surface area (Å²) in [5.74, 6) is 0. The smallest absolute Gasteiger partial charge is 0.0363 e. The first-order valence-corrected chi connectivity index (χ1v) is 6.87. The van der Waals surface area contributed by atoms with Crippen molar-refractivity contribution in [1.29, 1.82) is 0 Å². The zero-order chi connectivity index (χ0) is 12.1. The van der Waals surface area contributed by atoms with Gasteiger partial charge in [-0.3, -0.25) is 4.90 Å². The van der Waals surface area contributed by atoms with Crippen molar-refractivity contribution >= 4 is 0 Å². The lowest BCUT2D eigenvalue weighted by molar-refractivity contribution is 0.179. The SMILES string of the molecule is CCCN(C1CC1)C(CCN)c1ccccc1. The van der Waals surface area contributed by atoms with E-state index in [1.165, 1.54) is 31.4 Å². The van der Waals surface area contributed by atoms with Crippen LogP contribution in [0, 0.1) is 0 Å². The van der Waals surface area contributed by atoms with Gasteiger partial charge in [-0.2, -0.15) is 0 Å². The number of hydrogen-bond donors (Lipinski definition) is 1. The van der Waals surface area contributed by atoms with E-state index in [4.69, 9.17) is 5.73 Å². The molecule has 0 heterocycles. The molecule has 2 nitrogen and oxygen atoms in total. The van der Waals surface area contributed by atoms with Crippen molar-refractivity contribution in [1.82, 2.24) is 4.90 Å². The van der Waals surface area contributed by atoms with Crippen molar-refractivity contribution in [2.45, 2.75) is 44.7 Å². The maximum atomic E-state index is 5.79. The molecule has 0 saturated heterocycles. The van der Waals surface area contributed by atoms with Crippen LogP contribution < -0.4 is 5.73 Å². The maximum Gasteiger partial charge on any atom is 0.0363 e. The normalized spacial score (nSPS) is 17.4. The van der Waals surface area contributed by atoms with Gasteiger partial charge in [0.25, 0.3) is 0 Å². The first kappa shape index (κ1) is 12.6. The molecule has 1 aliphatic rings. The van der Waals surface area contributed by atoms with Crippen LogP contribution in [0.5, 0.6) is 0 Å². The fraction of sp³-hybridized carbons (Fsp3) is 0.600. The standard InChI is InChI=1S/C15H24N2/c1-2-12-17(14-8-9-14)15(10-11-16)13-6-4-3-5-7-13/h3-7,14-15H,2,8-12,16H2,1H3. The molecule has 1 fully saturated rings. The van der Waals surface area contributed by atoms with E-state index in [-0.39, 0.29) is 0 Å². The monoisotopic (exact) mass is 232 g/mol. The Morgan fingerprint density at radius 1 is 1.29 bits per heavy atom. The van der Waals surface area contributed by atoms with Crippen LogP contribution in [0.15, 0.2) is 30.3 Å². The lowest BCUT2D eigenvalue weighted by Crippen LogP contribution is -2.33. The highest BCUT2D eigenvalue weighted by molar-refractivity contribution is 5.19. The van der Waals surface area contributed by atoms with Crippen LogP contribution >= 0.6 is 0 Å². The average Bonchev–Trinajstić information content (AvgIpc) is 3.19. The summed E-state index contributed by atoms with van der Waals surface area (Å²) in [6, 6.07) is 12.2. The summed E-state index contributed by atoms with van der Waals surface area (Å²) in [6.07, 6.45) is 5.03. The van der Waals surface area contributed by atoms with Gasteiger partial charge in [-0.1, -0.05) is 37.3 Å².